The number of amides is 1. The van der Waals surface area contributed by atoms with Gasteiger partial charge in [0, 0.05) is 100 Å². The monoisotopic (exact) mass is 735 g/mol. The number of piperazine rings is 1. The Bertz CT molecular complexity index is 2220. The summed E-state index contributed by atoms with van der Waals surface area (Å²) < 4.78 is 8.98. The van der Waals surface area contributed by atoms with Crippen LogP contribution in [0.1, 0.15) is 65.7 Å². The maximum atomic E-state index is 13.9. The fourth-order valence-electron chi connectivity index (χ4n) is 8.80. The van der Waals surface area contributed by atoms with E-state index in [2.05, 4.69) is 50.4 Å². The van der Waals surface area contributed by atoms with Crippen molar-refractivity contribution in [2.24, 2.45) is 12.5 Å². The van der Waals surface area contributed by atoms with Crippen LogP contribution in [-0.4, -0.2) is 92.6 Å². The minimum atomic E-state index is -0.464. The number of hydrogen-bond donors (Lipinski definition) is 1. The molecule has 1 amide bonds. The van der Waals surface area contributed by atoms with E-state index < -0.39 is 10.5 Å². The zero-order valence-corrected chi connectivity index (χ0v) is 31.1. The van der Waals surface area contributed by atoms with Crippen molar-refractivity contribution in [3.8, 4) is 11.3 Å². The molecule has 2 fully saturated rings. The SMILES string of the molecule is C[C@H]1CN(C2CCOCC2)CCN1c1ccc(Nc2nc(-c3ccnc(N4CCn5c(cc6c5CC(C)(C)C6)C4=O)c3C=O)cn(C)c2=O)cc1[N+](=O)[O-]. The molecular formula is C39H45N9O6. The molecule has 15 heteroatoms. The minimum Gasteiger partial charge on any atom is -0.381 e. The van der Waals surface area contributed by atoms with Crippen LogP contribution in [0.5, 0.6) is 0 Å². The van der Waals surface area contributed by atoms with Crippen molar-refractivity contribution in [1.29, 1.82) is 0 Å². The van der Waals surface area contributed by atoms with Crippen molar-refractivity contribution < 1.29 is 19.2 Å². The Morgan fingerprint density at radius 3 is 2.59 bits per heavy atom. The summed E-state index contributed by atoms with van der Waals surface area (Å²) >= 11 is 0. The molecule has 4 aliphatic rings. The summed E-state index contributed by atoms with van der Waals surface area (Å²) in [7, 11) is 1.57. The topological polar surface area (TPSA) is 161 Å². The lowest BCUT2D eigenvalue weighted by molar-refractivity contribution is -0.384. The summed E-state index contributed by atoms with van der Waals surface area (Å²) in [6, 6.07) is 8.98. The van der Waals surface area contributed by atoms with Gasteiger partial charge in [-0.25, -0.2) is 9.97 Å². The van der Waals surface area contributed by atoms with Gasteiger partial charge in [0.25, 0.3) is 17.2 Å². The summed E-state index contributed by atoms with van der Waals surface area (Å²) in [5.74, 6) is -0.0766. The van der Waals surface area contributed by atoms with E-state index in [1.807, 2.05) is 6.07 Å². The van der Waals surface area contributed by atoms with Gasteiger partial charge in [-0.15, -0.1) is 0 Å². The molecule has 0 unspecified atom stereocenters. The second kappa shape index (κ2) is 13.8. The Hall–Kier alpha value is -5.41. The minimum absolute atomic E-state index is 0.0564. The second-order valence-corrected chi connectivity index (χ2v) is 15.7. The molecule has 1 aliphatic carbocycles. The number of nitro benzene ring substituents is 1. The molecular weight excluding hydrogens is 690 g/mol. The smallest absolute Gasteiger partial charge is 0.294 e. The molecule has 15 nitrogen and oxygen atoms in total. The van der Waals surface area contributed by atoms with Crippen LogP contribution in [0.4, 0.5) is 28.7 Å². The predicted octanol–water partition coefficient (Wildman–Crippen LogP) is 4.58. The van der Waals surface area contributed by atoms with E-state index in [0.29, 0.717) is 60.3 Å². The van der Waals surface area contributed by atoms with Crippen molar-refractivity contribution in [2.75, 3.05) is 54.5 Å². The molecule has 0 spiro atoms. The van der Waals surface area contributed by atoms with Gasteiger partial charge in [-0.2, -0.15) is 0 Å². The number of carbonyl (C=O) groups excluding carboxylic acids is 2. The van der Waals surface area contributed by atoms with E-state index in [4.69, 9.17) is 4.74 Å². The number of carbonyl (C=O) groups is 2. The van der Waals surface area contributed by atoms with Crippen LogP contribution < -0.4 is 20.7 Å². The van der Waals surface area contributed by atoms with Crippen LogP contribution in [0.2, 0.25) is 0 Å². The van der Waals surface area contributed by atoms with Crippen molar-refractivity contribution >= 4 is 40.9 Å². The number of pyridine rings is 1. The molecule has 0 saturated carbocycles. The van der Waals surface area contributed by atoms with Crippen molar-refractivity contribution in [3.63, 3.8) is 0 Å². The van der Waals surface area contributed by atoms with Crippen LogP contribution in [0, 0.1) is 15.5 Å². The number of anilines is 4. The molecule has 2 saturated heterocycles. The number of aryl methyl sites for hydroxylation is 1. The number of benzene rings is 1. The van der Waals surface area contributed by atoms with E-state index in [1.54, 1.807) is 25.2 Å². The Kier molecular flexibility index (Phi) is 9.09. The molecule has 4 aromatic rings. The van der Waals surface area contributed by atoms with Gasteiger partial charge in [0.05, 0.1) is 16.2 Å². The lowest BCUT2D eigenvalue weighted by Crippen LogP contribution is -2.56. The van der Waals surface area contributed by atoms with Crippen LogP contribution in [-0.2, 0) is 31.2 Å². The zero-order chi connectivity index (χ0) is 37.9. The highest BCUT2D eigenvalue weighted by Crippen LogP contribution is 2.40. The standard InChI is InChI=1S/C39H45N9O6/c1-24-21-44(27-8-15-54-16-9-27)11-12-45(24)31-6-5-26(18-32(31)48(52)53)41-35-38(51)43(4)22-30(42-35)28-7-10-40-36(29(28)23-49)47-14-13-46-33(37(47)50)17-25-19-39(2,3)20-34(25)46/h5-7,10,17-18,22-24,27H,8-9,11-16,19-21H2,1-4H3,(H,41,42)/t24-/m0/s1. The summed E-state index contributed by atoms with van der Waals surface area (Å²) in [4.78, 5) is 67.2. The molecule has 1 atom stereocenters. The second-order valence-electron chi connectivity index (χ2n) is 15.7. The van der Waals surface area contributed by atoms with E-state index in [9.17, 15) is 24.5 Å². The molecule has 1 aromatic carbocycles. The average molecular weight is 736 g/mol. The molecule has 0 radical (unpaired) electrons. The average Bonchev–Trinajstić information content (AvgIpc) is 3.65. The summed E-state index contributed by atoms with van der Waals surface area (Å²) in [6.45, 7) is 11.3. The molecule has 54 heavy (non-hydrogen) atoms. The van der Waals surface area contributed by atoms with Gasteiger partial charge in [0.1, 0.15) is 17.2 Å². The van der Waals surface area contributed by atoms with Crippen molar-refractivity contribution in [1.82, 2.24) is 24.0 Å². The Morgan fingerprint density at radius 2 is 1.85 bits per heavy atom. The number of fused-ring (bicyclic) bond motifs is 3. The first-order valence-electron chi connectivity index (χ1n) is 18.6. The third-order valence-electron chi connectivity index (χ3n) is 11.4. The van der Waals surface area contributed by atoms with E-state index in [1.165, 1.54) is 39.2 Å². The van der Waals surface area contributed by atoms with Gasteiger partial charge in [0.2, 0.25) is 0 Å². The fourth-order valence-corrected chi connectivity index (χ4v) is 8.80. The first-order chi connectivity index (χ1) is 25.9. The number of hydrogen-bond acceptors (Lipinski definition) is 11. The highest BCUT2D eigenvalue weighted by Gasteiger charge is 2.38. The maximum absolute atomic E-state index is 13.9. The van der Waals surface area contributed by atoms with Gasteiger partial charge in [0.15, 0.2) is 12.1 Å². The predicted molar refractivity (Wildman–Crippen MR) is 204 cm³/mol. The van der Waals surface area contributed by atoms with E-state index in [-0.39, 0.29) is 40.3 Å². The molecule has 3 aromatic heterocycles. The third kappa shape index (κ3) is 6.34. The number of aldehydes is 1. The maximum Gasteiger partial charge on any atom is 0.294 e. The third-order valence-corrected chi connectivity index (χ3v) is 11.4. The zero-order valence-electron chi connectivity index (χ0n) is 31.1. The quantitative estimate of drug-likeness (QED) is 0.153. The number of rotatable bonds is 8. The van der Waals surface area contributed by atoms with Crippen molar-refractivity contribution in [3.05, 3.63) is 85.7 Å². The fraction of sp³-hybridized carbons (Fsp3) is 0.462. The number of ether oxygens (including phenoxy) is 1. The molecule has 1 N–H and O–H groups in total. The van der Waals surface area contributed by atoms with Gasteiger partial charge in [-0.05, 0) is 67.9 Å². The normalized spacial score (nSPS) is 20.1. The van der Waals surface area contributed by atoms with Gasteiger partial charge >= 0.3 is 0 Å². The molecule has 6 heterocycles. The molecule has 3 aliphatic heterocycles. The van der Waals surface area contributed by atoms with Crippen molar-refractivity contribution in [2.45, 2.75) is 65.1 Å². The van der Waals surface area contributed by atoms with Crippen LogP contribution in [0.25, 0.3) is 11.3 Å². The number of nitrogens with zero attached hydrogens (tertiary/aromatic N) is 8. The summed E-state index contributed by atoms with van der Waals surface area (Å²) in [5.41, 5.74) is 4.29. The molecule has 282 valence electrons. The lowest BCUT2D eigenvalue weighted by Gasteiger charge is -2.45. The highest BCUT2D eigenvalue weighted by atomic mass is 16.6. The van der Waals surface area contributed by atoms with E-state index in [0.717, 1.165) is 52.0 Å². The molecule has 0 bridgehead atoms. The Morgan fingerprint density at radius 1 is 1.06 bits per heavy atom. The summed E-state index contributed by atoms with van der Waals surface area (Å²) in [6.07, 6.45) is 7.50. The number of nitrogens with one attached hydrogen (secondary N) is 1. The highest BCUT2D eigenvalue weighted by molar-refractivity contribution is 6.08. The van der Waals surface area contributed by atoms with Gasteiger partial charge < -0.3 is 24.1 Å². The Balaban J connectivity index is 1.06. The first kappa shape index (κ1) is 35.6. The van der Waals surface area contributed by atoms with Crippen LogP contribution in [0.15, 0.2) is 47.5 Å². The van der Waals surface area contributed by atoms with Gasteiger partial charge in [-0.1, -0.05) is 13.8 Å². The summed E-state index contributed by atoms with van der Waals surface area (Å²) in [5, 5.41) is 15.4. The lowest BCUT2D eigenvalue weighted by atomic mass is 9.90. The number of aromatic nitrogens is 4. The van der Waals surface area contributed by atoms with Crippen LogP contribution in [0.3, 0.4) is 0 Å². The van der Waals surface area contributed by atoms with Gasteiger partial charge in [-0.3, -0.25) is 34.3 Å². The number of nitro groups is 1. The van der Waals surface area contributed by atoms with Crippen LogP contribution >= 0.6 is 0 Å². The van der Waals surface area contributed by atoms with E-state index >= 15 is 0 Å². The first-order valence-corrected chi connectivity index (χ1v) is 18.6. The molecule has 8 rings (SSSR count). The Labute approximate surface area is 312 Å². The largest absolute Gasteiger partial charge is 0.381 e.